The van der Waals surface area contributed by atoms with Crippen molar-refractivity contribution in [3.63, 3.8) is 0 Å². The summed E-state index contributed by atoms with van der Waals surface area (Å²) >= 11 is 6.12. The highest BCUT2D eigenvalue weighted by atomic mass is 35.5. The molecule has 0 aromatic carbocycles. The third-order valence-corrected chi connectivity index (χ3v) is 3.71. The van der Waals surface area contributed by atoms with Crippen molar-refractivity contribution in [2.24, 2.45) is 0 Å². The van der Waals surface area contributed by atoms with Gasteiger partial charge in [0.15, 0.2) is 0 Å². The van der Waals surface area contributed by atoms with Gasteiger partial charge in [0.1, 0.15) is 5.69 Å². The monoisotopic (exact) mass is 309 g/mol. The van der Waals surface area contributed by atoms with Crippen molar-refractivity contribution < 1.29 is 4.79 Å². The molecule has 0 aliphatic rings. The standard InChI is InChI=1S/C14H20ClN5O/c1-4-19-9-12(15)13(17-19)10-18(3)14(21)6-8-20-11(2)5-7-16-20/h5,7,9H,4,6,8,10H2,1-3H3. The zero-order valence-corrected chi connectivity index (χ0v) is 13.3. The summed E-state index contributed by atoms with van der Waals surface area (Å²) in [7, 11) is 1.76. The summed E-state index contributed by atoms with van der Waals surface area (Å²) in [6.07, 6.45) is 3.92. The number of carbonyl (C=O) groups is 1. The molecule has 2 aromatic heterocycles. The lowest BCUT2D eigenvalue weighted by atomic mass is 10.3. The molecular formula is C14H20ClN5O. The molecule has 114 valence electrons. The van der Waals surface area contributed by atoms with Crippen LogP contribution in [-0.4, -0.2) is 37.4 Å². The maximum absolute atomic E-state index is 12.1. The van der Waals surface area contributed by atoms with E-state index in [1.165, 1.54) is 0 Å². The van der Waals surface area contributed by atoms with Crippen LogP contribution < -0.4 is 0 Å². The Balaban J connectivity index is 1.90. The van der Waals surface area contributed by atoms with Gasteiger partial charge in [-0.05, 0) is 19.9 Å². The van der Waals surface area contributed by atoms with Gasteiger partial charge in [0.05, 0.1) is 11.6 Å². The molecule has 0 saturated heterocycles. The van der Waals surface area contributed by atoms with E-state index < -0.39 is 0 Å². The van der Waals surface area contributed by atoms with E-state index in [2.05, 4.69) is 10.2 Å². The zero-order valence-electron chi connectivity index (χ0n) is 12.6. The number of halogens is 1. The van der Waals surface area contributed by atoms with Crippen LogP contribution in [0.1, 0.15) is 24.7 Å². The normalized spacial score (nSPS) is 10.9. The number of aromatic nitrogens is 4. The number of hydrogen-bond acceptors (Lipinski definition) is 3. The van der Waals surface area contributed by atoms with Crippen molar-refractivity contribution in [2.45, 2.75) is 39.9 Å². The Labute approximate surface area is 129 Å². The van der Waals surface area contributed by atoms with Crippen LogP contribution in [-0.2, 0) is 24.4 Å². The lowest BCUT2D eigenvalue weighted by Crippen LogP contribution is -2.27. The van der Waals surface area contributed by atoms with E-state index >= 15 is 0 Å². The van der Waals surface area contributed by atoms with E-state index in [1.54, 1.807) is 29.0 Å². The van der Waals surface area contributed by atoms with E-state index in [0.717, 1.165) is 17.9 Å². The number of hydrogen-bond donors (Lipinski definition) is 0. The van der Waals surface area contributed by atoms with Gasteiger partial charge in [0, 0.05) is 44.6 Å². The molecule has 2 rings (SSSR count). The highest BCUT2D eigenvalue weighted by Crippen LogP contribution is 2.15. The molecule has 7 heteroatoms. The van der Waals surface area contributed by atoms with Crippen molar-refractivity contribution in [1.29, 1.82) is 0 Å². The van der Waals surface area contributed by atoms with Gasteiger partial charge in [-0.25, -0.2) is 0 Å². The van der Waals surface area contributed by atoms with Crippen molar-refractivity contribution in [2.75, 3.05) is 7.05 Å². The third kappa shape index (κ3) is 3.85. The van der Waals surface area contributed by atoms with Gasteiger partial charge in [-0.15, -0.1) is 0 Å². The lowest BCUT2D eigenvalue weighted by Gasteiger charge is -2.16. The molecule has 0 spiro atoms. The van der Waals surface area contributed by atoms with Gasteiger partial charge in [0.2, 0.25) is 5.91 Å². The third-order valence-electron chi connectivity index (χ3n) is 3.39. The second-order valence-corrected chi connectivity index (χ2v) is 5.38. The zero-order chi connectivity index (χ0) is 15.4. The molecule has 6 nitrogen and oxygen atoms in total. The summed E-state index contributed by atoms with van der Waals surface area (Å²) in [6.45, 7) is 5.73. The van der Waals surface area contributed by atoms with Gasteiger partial charge in [-0.2, -0.15) is 10.2 Å². The Hall–Kier alpha value is -1.82. The molecule has 0 bridgehead atoms. The smallest absolute Gasteiger partial charge is 0.224 e. The summed E-state index contributed by atoms with van der Waals surface area (Å²) in [5.41, 5.74) is 1.78. The highest BCUT2D eigenvalue weighted by molar-refractivity contribution is 6.31. The first kappa shape index (κ1) is 15.6. The first-order valence-corrected chi connectivity index (χ1v) is 7.33. The van der Waals surface area contributed by atoms with E-state index in [9.17, 15) is 4.79 Å². The maximum atomic E-state index is 12.1. The van der Waals surface area contributed by atoms with Crippen LogP contribution in [0.5, 0.6) is 0 Å². The van der Waals surface area contributed by atoms with Crippen LogP contribution in [0.25, 0.3) is 0 Å². The SMILES string of the molecule is CCn1cc(Cl)c(CN(C)C(=O)CCn2nccc2C)n1. The van der Waals surface area contributed by atoms with Crippen LogP contribution >= 0.6 is 11.6 Å². The van der Waals surface area contributed by atoms with E-state index in [-0.39, 0.29) is 5.91 Å². The highest BCUT2D eigenvalue weighted by Gasteiger charge is 2.14. The van der Waals surface area contributed by atoms with E-state index in [4.69, 9.17) is 11.6 Å². The molecule has 1 amide bonds. The minimum atomic E-state index is 0.0482. The number of aryl methyl sites for hydroxylation is 3. The van der Waals surface area contributed by atoms with Gasteiger partial charge in [-0.3, -0.25) is 14.2 Å². The number of rotatable bonds is 6. The second kappa shape index (κ2) is 6.76. The van der Waals surface area contributed by atoms with Crippen LogP contribution in [0, 0.1) is 6.92 Å². The fourth-order valence-electron chi connectivity index (χ4n) is 2.04. The summed E-state index contributed by atoms with van der Waals surface area (Å²) in [6, 6.07) is 1.92. The number of nitrogens with zero attached hydrogens (tertiary/aromatic N) is 5. The van der Waals surface area contributed by atoms with Crippen LogP contribution in [0.15, 0.2) is 18.5 Å². The van der Waals surface area contributed by atoms with Gasteiger partial charge in [-0.1, -0.05) is 11.6 Å². The minimum absolute atomic E-state index is 0.0482. The molecule has 0 fully saturated rings. The molecule has 0 aliphatic heterocycles. The van der Waals surface area contributed by atoms with Gasteiger partial charge in [0.25, 0.3) is 0 Å². The Morgan fingerprint density at radius 3 is 2.81 bits per heavy atom. The molecule has 0 atom stereocenters. The van der Waals surface area contributed by atoms with Crippen molar-refractivity contribution in [3.05, 3.63) is 34.9 Å². The Morgan fingerprint density at radius 2 is 2.24 bits per heavy atom. The summed E-state index contributed by atoms with van der Waals surface area (Å²) in [5.74, 6) is 0.0482. The number of amides is 1. The summed E-state index contributed by atoms with van der Waals surface area (Å²) < 4.78 is 3.59. The fourth-order valence-corrected chi connectivity index (χ4v) is 2.25. The molecule has 0 saturated carbocycles. The molecule has 2 heterocycles. The number of carbonyl (C=O) groups excluding carboxylic acids is 1. The van der Waals surface area contributed by atoms with Crippen molar-refractivity contribution in [1.82, 2.24) is 24.5 Å². The largest absolute Gasteiger partial charge is 0.340 e. The first-order chi connectivity index (χ1) is 10.0. The molecule has 2 aromatic rings. The predicted molar refractivity (Wildman–Crippen MR) is 81.0 cm³/mol. The topological polar surface area (TPSA) is 56.0 Å². The Kier molecular flexibility index (Phi) is 5.01. The molecular weight excluding hydrogens is 290 g/mol. The van der Waals surface area contributed by atoms with E-state index in [1.807, 2.05) is 24.6 Å². The van der Waals surface area contributed by atoms with Gasteiger partial charge < -0.3 is 4.90 Å². The molecule has 0 unspecified atom stereocenters. The van der Waals surface area contributed by atoms with Gasteiger partial charge >= 0.3 is 0 Å². The quantitative estimate of drug-likeness (QED) is 0.821. The molecule has 0 aliphatic carbocycles. The van der Waals surface area contributed by atoms with E-state index in [0.29, 0.717) is 24.5 Å². The molecule has 0 N–H and O–H groups in total. The molecule has 0 radical (unpaired) electrons. The fraction of sp³-hybridized carbons (Fsp3) is 0.500. The average Bonchev–Trinajstić information content (AvgIpc) is 3.02. The first-order valence-electron chi connectivity index (χ1n) is 6.95. The Morgan fingerprint density at radius 1 is 1.48 bits per heavy atom. The second-order valence-electron chi connectivity index (χ2n) is 4.97. The van der Waals surface area contributed by atoms with Crippen molar-refractivity contribution in [3.8, 4) is 0 Å². The van der Waals surface area contributed by atoms with Crippen LogP contribution in [0.4, 0.5) is 0 Å². The Bertz CT molecular complexity index is 619. The van der Waals surface area contributed by atoms with Crippen molar-refractivity contribution >= 4 is 17.5 Å². The summed E-state index contributed by atoms with van der Waals surface area (Å²) in [5, 5.41) is 9.11. The summed E-state index contributed by atoms with van der Waals surface area (Å²) in [4.78, 5) is 13.8. The minimum Gasteiger partial charge on any atom is -0.340 e. The lowest BCUT2D eigenvalue weighted by molar-refractivity contribution is -0.130. The molecule has 21 heavy (non-hydrogen) atoms. The average molecular weight is 310 g/mol. The predicted octanol–water partition coefficient (Wildman–Crippen LogP) is 2.11. The maximum Gasteiger partial charge on any atom is 0.224 e. The van der Waals surface area contributed by atoms with Crippen LogP contribution in [0.2, 0.25) is 5.02 Å². The van der Waals surface area contributed by atoms with Crippen LogP contribution in [0.3, 0.4) is 0 Å².